The highest BCUT2D eigenvalue weighted by atomic mass is 35.5. The maximum atomic E-state index is 11.9. The van der Waals surface area contributed by atoms with Crippen LogP contribution in [0.15, 0.2) is 42.5 Å². The first-order valence-electron chi connectivity index (χ1n) is 6.39. The summed E-state index contributed by atoms with van der Waals surface area (Å²) < 4.78 is 0. The van der Waals surface area contributed by atoms with Gasteiger partial charge in [0.1, 0.15) is 6.07 Å². The Morgan fingerprint density at radius 1 is 1.24 bits per heavy atom. The monoisotopic (exact) mass is 299 g/mol. The molecule has 21 heavy (non-hydrogen) atoms. The third-order valence-electron chi connectivity index (χ3n) is 2.95. The summed E-state index contributed by atoms with van der Waals surface area (Å²) in [6.07, 6.45) is 0. The van der Waals surface area contributed by atoms with Crippen molar-refractivity contribution in [2.75, 3.05) is 17.2 Å². The number of nitrogens with one attached hydrogen (secondary N) is 2. The fourth-order valence-corrected chi connectivity index (χ4v) is 2.11. The molecule has 0 aliphatic rings. The molecule has 0 radical (unpaired) electrons. The van der Waals surface area contributed by atoms with Crippen LogP contribution < -0.4 is 10.6 Å². The van der Waals surface area contributed by atoms with E-state index in [1.807, 2.05) is 25.1 Å². The van der Waals surface area contributed by atoms with E-state index in [0.717, 1.165) is 11.3 Å². The fourth-order valence-electron chi connectivity index (χ4n) is 1.88. The number of amides is 1. The Hall–Kier alpha value is -2.51. The van der Waals surface area contributed by atoms with E-state index in [0.29, 0.717) is 16.3 Å². The van der Waals surface area contributed by atoms with E-state index >= 15 is 0 Å². The van der Waals surface area contributed by atoms with Gasteiger partial charge in [-0.3, -0.25) is 4.79 Å². The number of carbonyl (C=O) groups is 1. The van der Waals surface area contributed by atoms with Gasteiger partial charge < -0.3 is 10.6 Å². The summed E-state index contributed by atoms with van der Waals surface area (Å²) in [5, 5.41) is 15.4. The summed E-state index contributed by atoms with van der Waals surface area (Å²) in [6, 6.07) is 14.3. The molecule has 0 saturated carbocycles. The average molecular weight is 300 g/mol. The van der Waals surface area contributed by atoms with E-state index in [1.54, 1.807) is 30.3 Å². The maximum Gasteiger partial charge on any atom is 0.243 e. The predicted molar refractivity (Wildman–Crippen MR) is 84.5 cm³/mol. The number of nitrogens with zero attached hydrogens (tertiary/aromatic N) is 1. The van der Waals surface area contributed by atoms with Crippen LogP contribution in [0, 0.1) is 18.3 Å². The number of hydrogen-bond donors (Lipinski definition) is 2. The molecule has 0 aliphatic carbocycles. The highest BCUT2D eigenvalue weighted by molar-refractivity contribution is 6.30. The smallest absolute Gasteiger partial charge is 0.243 e. The Morgan fingerprint density at radius 3 is 2.71 bits per heavy atom. The summed E-state index contributed by atoms with van der Waals surface area (Å²) in [7, 11) is 0. The molecule has 0 aromatic heterocycles. The number of anilines is 2. The van der Waals surface area contributed by atoms with Crippen LogP contribution in [0.1, 0.15) is 11.1 Å². The average Bonchev–Trinajstić information content (AvgIpc) is 2.47. The molecular formula is C16H14ClN3O. The summed E-state index contributed by atoms with van der Waals surface area (Å²) in [5.74, 6) is -0.216. The van der Waals surface area contributed by atoms with Crippen LogP contribution in [0.2, 0.25) is 5.02 Å². The number of carbonyl (C=O) groups excluding carboxylic acids is 1. The lowest BCUT2D eigenvalue weighted by Gasteiger charge is -2.11. The van der Waals surface area contributed by atoms with Gasteiger partial charge in [-0.15, -0.1) is 0 Å². The number of halogens is 1. The Bertz CT molecular complexity index is 707. The quantitative estimate of drug-likeness (QED) is 0.907. The van der Waals surface area contributed by atoms with E-state index in [4.69, 9.17) is 16.9 Å². The van der Waals surface area contributed by atoms with Crippen molar-refractivity contribution in [1.82, 2.24) is 0 Å². The van der Waals surface area contributed by atoms with Gasteiger partial charge in [0.25, 0.3) is 0 Å². The largest absolute Gasteiger partial charge is 0.376 e. The molecule has 2 rings (SSSR count). The minimum Gasteiger partial charge on any atom is -0.376 e. The highest BCUT2D eigenvalue weighted by Gasteiger charge is 2.07. The molecule has 106 valence electrons. The van der Waals surface area contributed by atoms with E-state index in [-0.39, 0.29) is 12.5 Å². The van der Waals surface area contributed by atoms with Crippen molar-refractivity contribution >= 4 is 28.9 Å². The van der Waals surface area contributed by atoms with Gasteiger partial charge in [-0.1, -0.05) is 23.7 Å². The molecule has 5 heteroatoms. The lowest BCUT2D eigenvalue weighted by atomic mass is 10.2. The Balaban J connectivity index is 1.98. The molecule has 1 amide bonds. The SMILES string of the molecule is Cc1cc(Cl)ccc1NCC(=O)Nc1ccccc1C#N. The molecule has 2 aromatic carbocycles. The standard InChI is InChI=1S/C16H14ClN3O/c1-11-8-13(17)6-7-14(11)19-10-16(21)20-15-5-3-2-4-12(15)9-18/h2-8,19H,10H2,1H3,(H,20,21). The first-order valence-corrected chi connectivity index (χ1v) is 6.77. The molecule has 0 atom stereocenters. The normalized spacial score (nSPS) is 9.76. The first-order chi connectivity index (χ1) is 10.1. The lowest BCUT2D eigenvalue weighted by molar-refractivity contribution is -0.114. The molecule has 0 saturated heterocycles. The van der Waals surface area contributed by atoms with Gasteiger partial charge in [-0.2, -0.15) is 5.26 Å². The van der Waals surface area contributed by atoms with Crippen molar-refractivity contribution in [1.29, 1.82) is 5.26 Å². The Labute approximate surface area is 128 Å². The van der Waals surface area contributed by atoms with Crippen molar-refractivity contribution in [2.45, 2.75) is 6.92 Å². The van der Waals surface area contributed by atoms with Crippen LogP contribution in [0.4, 0.5) is 11.4 Å². The van der Waals surface area contributed by atoms with Gasteiger partial charge in [-0.05, 0) is 42.8 Å². The van der Waals surface area contributed by atoms with Crippen LogP contribution in [-0.2, 0) is 4.79 Å². The van der Waals surface area contributed by atoms with E-state index in [2.05, 4.69) is 10.6 Å². The third kappa shape index (κ3) is 3.98. The van der Waals surface area contributed by atoms with Crippen molar-refractivity contribution in [2.24, 2.45) is 0 Å². The second-order valence-corrected chi connectivity index (χ2v) is 4.95. The fraction of sp³-hybridized carbons (Fsp3) is 0.125. The lowest BCUT2D eigenvalue weighted by Crippen LogP contribution is -2.22. The molecule has 0 bridgehead atoms. The van der Waals surface area contributed by atoms with Crippen LogP contribution in [-0.4, -0.2) is 12.5 Å². The number of nitriles is 1. The number of rotatable bonds is 4. The molecule has 0 spiro atoms. The van der Waals surface area contributed by atoms with Gasteiger partial charge in [0.05, 0.1) is 17.8 Å². The molecule has 4 nitrogen and oxygen atoms in total. The summed E-state index contributed by atoms with van der Waals surface area (Å²) >= 11 is 5.88. The minimum atomic E-state index is -0.216. The molecular weight excluding hydrogens is 286 g/mol. The summed E-state index contributed by atoms with van der Waals surface area (Å²) in [5.41, 5.74) is 2.77. The zero-order chi connectivity index (χ0) is 15.2. The van der Waals surface area contributed by atoms with Crippen LogP contribution in [0.25, 0.3) is 0 Å². The summed E-state index contributed by atoms with van der Waals surface area (Å²) in [6.45, 7) is 2.03. The van der Waals surface area contributed by atoms with Gasteiger partial charge in [0, 0.05) is 10.7 Å². The van der Waals surface area contributed by atoms with Gasteiger partial charge in [0.15, 0.2) is 0 Å². The van der Waals surface area contributed by atoms with Gasteiger partial charge >= 0.3 is 0 Å². The predicted octanol–water partition coefficient (Wildman–Crippen LogP) is 3.57. The summed E-state index contributed by atoms with van der Waals surface area (Å²) in [4.78, 5) is 11.9. The Morgan fingerprint density at radius 2 is 2.00 bits per heavy atom. The van der Waals surface area contributed by atoms with Crippen molar-refractivity contribution in [3.63, 3.8) is 0 Å². The molecule has 0 aliphatic heterocycles. The topological polar surface area (TPSA) is 64.9 Å². The van der Waals surface area contributed by atoms with E-state index in [1.165, 1.54) is 0 Å². The first kappa shape index (κ1) is 14.9. The number of para-hydroxylation sites is 1. The van der Waals surface area contributed by atoms with Gasteiger partial charge in [-0.25, -0.2) is 0 Å². The molecule has 2 N–H and O–H groups in total. The van der Waals surface area contributed by atoms with E-state index in [9.17, 15) is 4.79 Å². The second-order valence-electron chi connectivity index (χ2n) is 4.52. The number of benzene rings is 2. The molecule has 0 fully saturated rings. The van der Waals surface area contributed by atoms with Crippen molar-refractivity contribution < 1.29 is 4.79 Å². The van der Waals surface area contributed by atoms with Crippen LogP contribution in [0.3, 0.4) is 0 Å². The highest BCUT2D eigenvalue weighted by Crippen LogP contribution is 2.19. The zero-order valence-corrected chi connectivity index (χ0v) is 12.2. The van der Waals surface area contributed by atoms with E-state index < -0.39 is 0 Å². The van der Waals surface area contributed by atoms with Crippen LogP contribution in [0.5, 0.6) is 0 Å². The molecule has 2 aromatic rings. The van der Waals surface area contributed by atoms with Crippen molar-refractivity contribution in [3.8, 4) is 6.07 Å². The van der Waals surface area contributed by atoms with Crippen LogP contribution >= 0.6 is 11.6 Å². The third-order valence-corrected chi connectivity index (χ3v) is 3.18. The molecule has 0 unspecified atom stereocenters. The number of hydrogen-bond acceptors (Lipinski definition) is 3. The van der Waals surface area contributed by atoms with Crippen molar-refractivity contribution in [3.05, 3.63) is 58.6 Å². The Kier molecular flexibility index (Phi) is 4.81. The molecule has 0 heterocycles. The maximum absolute atomic E-state index is 11.9. The number of aryl methyl sites for hydroxylation is 1. The second kappa shape index (κ2) is 6.78. The minimum absolute atomic E-state index is 0.113. The zero-order valence-electron chi connectivity index (χ0n) is 11.5. The van der Waals surface area contributed by atoms with Gasteiger partial charge in [0.2, 0.25) is 5.91 Å².